The zero-order valence-electron chi connectivity index (χ0n) is 17.3. The van der Waals surface area contributed by atoms with Crippen molar-refractivity contribution in [1.82, 2.24) is 14.3 Å². The quantitative estimate of drug-likeness (QED) is 0.377. The van der Waals surface area contributed by atoms with Gasteiger partial charge in [0.1, 0.15) is 21.3 Å². The van der Waals surface area contributed by atoms with Crippen molar-refractivity contribution in [2.45, 2.75) is 18.9 Å². The molecule has 1 aromatic carbocycles. The molecule has 0 saturated carbocycles. The summed E-state index contributed by atoms with van der Waals surface area (Å²) in [7, 11) is 0. The maximum absolute atomic E-state index is 13.3. The van der Waals surface area contributed by atoms with Gasteiger partial charge in [-0.2, -0.15) is 4.98 Å². The number of rotatable bonds is 5. The maximum atomic E-state index is 13.3. The summed E-state index contributed by atoms with van der Waals surface area (Å²) in [6, 6.07) is 12.0. The van der Waals surface area contributed by atoms with Gasteiger partial charge in [0.15, 0.2) is 0 Å². The second kappa shape index (κ2) is 9.26. The molecule has 2 fully saturated rings. The van der Waals surface area contributed by atoms with Crippen molar-refractivity contribution in [3.05, 3.63) is 74.5 Å². The molecule has 0 radical (unpaired) electrons. The second-order valence-corrected chi connectivity index (χ2v) is 9.66. The monoisotopic (exact) mass is 499 g/mol. The SMILES string of the molecule is O=C1/C(=C\c2c(Oc3ccc(Cl)cc3)nc3ccccn3c2=O)SC(=S)N1CC1CCCO1. The smallest absolute Gasteiger partial charge is 0.269 e. The first-order chi connectivity index (χ1) is 16.0. The third-order valence-corrected chi connectivity index (χ3v) is 6.95. The maximum Gasteiger partial charge on any atom is 0.269 e. The van der Waals surface area contributed by atoms with E-state index < -0.39 is 0 Å². The molecule has 0 bridgehead atoms. The predicted octanol–water partition coefficient (Wildman–Crippen LogP) is 4.52. The van der Waals surface area contributed by atoms with Crippen LogP contribution in [0.25, 0.3) is 11.7 Å². The van der Waals surface area contributed by atoms with Crippen molar-refractivity contribution in [1.29, 1.82) is 0 Å². The number of fused-ring (bicyclic) bond motifs is 1. The minimum absolute atomic E-state index is 0.0244. The van der Waals surface area contributed by atoms with Gasteiger partial charge >= 0.3 is 0 Å². The van der Waals surface area contributed by atoms with Crippen LogP contribution in [-0.4, -0.2) is 43.8 Å². The molecule has 1 amide bonds. The lowest BCUT2D eigenvalue weighted by atomic mass is 10.2. The molecule has 2 aliphatic rings. The number of benzene rings is 1. The molecule has 2 aliphatic heterocycles. The molecule has 0 spiro atoms. The van der Waals surface area contributed by atoms with E-state index in [0.717, 1.165) is 24.6 Å². The fourth-order valence-electron chi connectivity index (χ4n) is 3.68. The zero-order chi connectivity index (χ0) is 22.9. The van der Waals surface area contributed by atoms with Crippen molar-refractivity contribution in [2.75, 3.05) is 13.2 Å². The van der Waals surface area contributed by atoms with Gasteiger partial charge in [0.05, 0.1) is 17.6 Å². The van der Waals surface area contributed by atoms with E-state index in [0.29, 0.717) is 38.8 Å². The van der Waals surface area contributed by atoms with Crippen molar-refractivity contribution < 1.29 is 14.3 Å². The molecule has 3 aromatic rings. The van der Waals surface area contributed by atoms with E-state index in [4.69, 9.17) is 33.3 Å². The Morgan fingerprint density at radius 2 is 2.06 bits per heavy atom. The number of halogens is 1. The highest BCUT2D eigenvalue weighted by molar-refractivity contribution is 8.26. The van der Waals surface area contributed by atoms with Gasteiger partial charge in [0.2, 0.25) is 5.88 Å². The highest BCUT2D eigenvalue weighted by Crippen LogP contribution is 2.35. The zero-order valence-corrected chi connectivity index (χ0v) is 19.7. The van der Waals surface area contributed by atoms with Crippen molar-refractivity contribution in [3.8, 4) is 11.6 Å². The number of carbonyl (C=O) groups is 1. The first-order valence-electron chi connectivity index (χ1n) is 10.3. The van der Waals surface area contributed by atoms with Crippen LogP contribution in [0.2, 0.25) is 5.02 Å². The van der Waals surface area contributed by atoms with Crippen molar-refractivity contribution in [3.63, 3.8) is 0 Å². The molecule has 1 atom stereocenters. The van der Waals surface area contributed by atoms with E-state index in [1.807, 2.05) is 0 Å². The number of thioether (sulfide) groups is 1. The molecule has 168 valence electrons. The summed E-state index contributed by atoms with van der Waals surface area (Å²) in [5.41, 5.74) is 0.231. The topological polar surface area (TPSA) is 73.1 Å². The van der Waals surface area contributed by atoms with Crippen LogP contribution in [0.15, 0.2) is 58.4 Å². The Bertz CT molecular complexity index is 1330. The van der Waals surface area contributed by atoms with E-state index in [9.17, 15) is 9.59 Å². The summed E-state index contributed by atoms with van der Waals surface area (Å²) in [5.74, 6) is 0.306. The van der Waals surface area contributed by atoms with Gasteiger partial charge in [-0.15, -0.1) is 0 Å². The normalized spacial score (nSPS) is 19.7. The van der Waals surface area contributed by atoms with Crippen LogP contribution < -0.4 is 10.3 Å². The first kappa shape index (κ1) is 22.1. The van der Waals surface area contributed by atoms with Gasteiger partial charge in [-0.05, 0) is 55.3 Å². The van der Waals surface area contributed by atoms with E-state index in [1.165, 1.54) is 15.4 Å². The molecule has 2 aromatic heterocycles. The van der Waals surface area contributed by atoms with E-state index in [2.05, 4.69) is 4.98 Å². The van der Waals surface area contributed by atoms with Crippen LogP contribution in [0.3, 0.4) is 0 Å². The van der Waals surface area contributed by atoms with E-state index in [1.54, 1.807) is 48.7 Å². The standard InChI is InChI=1S/C23H18ClN3O4S2/c24-14-6-8-15(9-7-14)31-20-17(21(28)26-10-2-1-5-19(26)25-20)12-18-22(29)27(23(32)33-18)13-16-4-3-11-30-16/h1-2,5-10,12,16H,3-4,11,13H2/b18-12+. The Balaban J connectivity index is 1.54. The minimum atomic E-state index is -0.353. The number of ether oxygens (including phenoxy) is 2. The van der Waals surface area contributed by atoms with Crippen LogP contribution >= 0.6 is 35.6 Å². The van der Waals surface area contributed by atoms with Gasteiger partial charge in [-0.1, -0.05) is 41.6 Å². The van der Waals surface area contributed by atoms with E-state index >= 15 is 0 Å². The summed E-state index contributed by atoms with van der Waals surface area (Å²) in [4.78, 5) is 32.8. The number of aromatic nitrogens is 2. The fraction of sp³-hybridized carbons (Fsp3) is 0.217. The van der Waals surface area contributed by atoms with Gasteiger partial charge in [-0.25, -0.2) is 0 Å². The lowest BCUT2D eigenvalue weighted by Gasteiger charge is -2.18. The summed E-state index contributed by atoms with van der Waals surface area (Å²) < 4.78 is 13.4. The number of hydrogen-bond donors (Lipinski definition) is 0. The molecule has 10 heteroatoms. The summed E-state index contributed by atoms with van der Waals surface area (Å²) in [6.45, 7) is 1.10. The van der Waals surface area contributed by atoms with Gasteiger partial charge in [-0.3, -0.25) is 18.9 Å². The molecule has 1 unspecified atom stereocenters. The molecule has 33 heavy (non-hydrogen) atoms. The average molecular weight is 500 g/mol. The van der Waals surface area contributed by atoms with Gasteiger partial charge in [0.25, 0.3) is 11.5 Å². The molecular formula is C23H18ClN3O4S2. The predicted molar refractivity (Wildman–Crippen MR) is 132 cm³/mol. The third kappa shape index (κ3) is 4.54. The van der Waals surface area contributed by atoms with E-state index in [-0.39, 0.29) is 29.0 Å². The summed E-state index contributed by atoms with van der Waals surface area (Å²) in [5, 5.41) is 0.559. The summed E-state index contributed by atoms with van der Waals surface area (Å²) in [6.07, 6.45) is 4.97. The average Bonchev–Trinajstić information content (AvgIpc) is 3.42. The molecule has 5 rings (SSSR count). The Morgan fingerprint density at radius 1 is 1.24 bits per heavy atom. The largest absolute Gasteiger partial charge is 0.438 e. The lowest BCUT2D eigenvalue weighted by molar-refractivity contribution is -0.123. The highest BCUT2D eigenvalue weighted by Gasteiger charge is 2.35. The van der Waals surface area contributed by atoms with Crippen molar-refractivity contribution >= 4 is 57.5 Å². The van der Waals surface area contributed by atoms with Crippen LogP contribution in [0.5, 0.6) is 11.6 Å². The number of thiocarbonyl (C=S) groups is 1. The summed E-state index contributed by atoms with van der Waals surface area (Å²) >= 11 is 12.6. The Kier molecular flexibility index (Phi) is 6.20. The Hall–Kier alpha value is -2.72. The first-order valence-corrected chi connectivity index (χ1v) is 11.9. The number of carbonyl (C=O) groups excluding carboxylic acids is 1. The van der Waals surface area contributed by atoms with Gasteiger partial charge < -0.3 is 9.47 Å². The lowest BCUT2D eigenvalue weighted by Crippen LogP contribution is -2.35. The van der Waals surface area contributed by atoms with Crippen LogP contribution in [0.4, 0.5) is 0 Å². The number of pyridine rings is 1. The molecule has 4 heterocycles. The Morgan fingerprint density at radius 3 is 2.82 bits per heavy atom. The molecular weight excluding hydrogens is 482 g/mol. The van der Waals surface area contributed by atoms with Crippen LogP contribution in [0, 0.1) is 0 Å². The second-order valence-electron chi connectivity index (χ2n) is 7.55. The molecule has 7 nitrogen and oxygen atoms in total. The number of amides is 1. The Labute approximate surface area is 204 Å². The van der Waals surface area contributed by atoms with Crippen LogP contribution in [-0.2, 0) is 9.53 Å². The number of hydrogen-bond acceptors (Lipinski definition) is 7. The molecule has 0 N–H and O–H groups in total. The fourth-order valence-corrected chi connectivity index (χ4v) is 5.06. The number of nitrogens with zero attached hydrogens (tertiary/aromatic N) is 3. The van der Waals surface area contributed by atoms with Gasteiger partial charge in [0, 0.05) is 17.8 Å². The molecule has 2 saturated heterocycles. The minimum Gasteiger partial charge on any atom is -0.438 e. The van der Waals surface area contributed by atoms with Crippen LogP contribution in [0.1, 0.15) is 18.4 Å². The van der Waals surface area contributed by atoms with Crippen molar-refractivity contribution in [2.24, 2.45) is 0 Å². The third-order valence-electron chi connectivity index (χ3n) is 5.32. The highest BCUT2D eigenvalue weighted by atomic mass is 35.5. The molecule has 0 aliphatic carbocycles.